The fraction of sp³-hybridized carbons (Fsp3) is 1.00. The summed E-state index contributed by atoms with van der Waals surface area (Å²) in [6.45, 7) is 9.16. The van der Waals surface area contributed by atoms with E-state index in [4.69, 9.17) is 9.47 Å². The Labute approximate surface area is 92.9 Å². The van der Waals surface area contributed by atoms with Crippen molar-refractivity contribution in [2.45, 2.75) is 19.4 Å². The van der Waals surface area contributed by atoms with Crippen LogP contribution in [0.5, 0.6) is 0 Å². The molecule has 1 unspecified atom stereocenters. The highest BCUT2D eigenvalue weighted by molar-refractivity contribution is 4.66. The maximum Gasteiger partial charge on any atom is 0.0594 e. The normalized spacial score (nSPS) is 20.4. The summed E-state index contributed by atoms with van der Waals surface area (Å²) >= 11 is 0. The van der Waals surface area contributed by atoms with E-state index >= 15 is 0 Å². The number of hydrogen-bond acceptors (Lipinski definition) is 4. The van der Waals surface area contributed by atoms with Crippen LogP contribution in [-0.4, -0.2) is 64.1 Å². The fourth-order valence-corrected chi connectivity index (χ4v) is 1.69. The number of morpholine rings is 1. The smallest absolute Gasteiger partial charge is 0.0594 e. The van der Waals surface area contributed by atoms with E-state index in [0.717, 1.165) is 52.4 Å². The summed E-state index contributed by atoms with van der Waals surface area (Å²) < 4.78 is 10.3. The molecule has 0 amide bonds. The Balaban J connectivity index is 1.94. The molecule has 1 aliphatic heterocycles. The highest BCUT2D eigenvalue weighted by Gasteiger charge is 2.09. The van der Waals surface area contributed by atoms with Crippen molar-refractivity contribution in [3.63, 3.8) is 0 Å². The first-order valence-corrected chi connectivity index (χ1v) is 5.85. The standard InChI is InChI=1S/C11H24N2O2/c1-11(3-8-14-2)12-4-5-13-6-9-15-10-7-13/h11-12H,3-10H2,1-2H3. The van der Waals surface area contributed by atoms with Crippen molar-refractivity contribution < 1.29 is 9.47 Å². The molecule has 1 heterocycles. The summed E-state index contributed by atoms with van der Waals surface area (Å²) in [5.41, 5.74) is 0. The number of nitrogens with zero attached hydrogens (tertiary/aromatic N) is 1. The van der Waals surface area contributed by atoms with Crippen LogP contribution in [0.2, 0.25) is 0 Å². The molecule has 4 heteroatoms. The van der Waals surface area contributed by atoms with Gasteiger partial charge in [-0.2, -0.15) is 0 Å². The Hall–Kier alpha value is -0.160. The molecule has 0 radical (unpaired) electrons. The Morgan fingerprint density at radius 3 is 2.80 bits per heavy atom. The fourth-order valence-electron chi connectivity index (χ4n) is 1.69. The van der Waals surface area contributed by atoms with Gasteiger partial charge in [0, 0.05) is 45.9 Å². The van der Waals surface area contributed by atoms with E-state index in [1.165, 1.54) is 0 Å². The van der Waals surface area contributed by atoms with Gasteiger partial charge >= 0.3 is 0 Å². The minimum atomic E-state index is 0.547. The average molecular weight is 216 g/mol. The van der Waals surface area contributed by atoms with Crippen molar-refractivity contribution in [3.8, 4) is 0 Å². The lowest BCUT2D eigenvalue weighted by Gasteiger charge is -2.27. The Morgan fingerprint density at radius 2 is 2.13 bits per heavy atom. The van der Waals surface area contributed by atoms with Crippen LogP contribution in [0.1, 0.15) is 13.3 Å². The third kappa shape index (κ3) is 6.10. The number of rotatable bonds is 7. The van der Waals surface area contributed by atoms with Gasteiger partial charge in [-0.1, -0.05) is 0 Å². The first-order chi connectivity index (χ1) is 7.33. The molecule has 1 fully saturated rings. The molecule has 0 aromatic heterocycles. The molecule has 90 valence electrons. The molecule has 4 nitrogen and oxygen atoms in total. The summed E-state index contributed by atoms with van der Waals surface area (Å²) in [5.74, 6) is 0. The average Bonchev–Trinajstić information content (AvgIpc) is 2.28. The maximum absolute atomic E-state index is 5.30. The van der Waals surface area contributed by atoms with Gasteiger partial charge in [0.2, 0.25) is 0 Å². The van der Waals surface area contributed by atoms with Crippen LogP contribution in [-0.2, 0) is 9.47 Å². The second kappa shape index (κ2) is 8.05. The van der Waals surface area contributed by atoms with Gasteiger partial charge in [-0.15, -0.1) is 0 Å². The molecule has 0 aromatic rings. The molecule has 0 saturated carbocycles. The molecule has 0 aromatic carbocycles. The lowest BCUT2D eigenvalue weighted by molar-refractivity contribution is 0.0380. The highest BCUT2D eigenvalue weighted by Crippen LogP contribution is 1.96. The third-order valence-electron chi connectivity index (χ3n) is 2.78. The first kappa shape index (κ1) is 12.9. The first-order valence-electron chi connectivity index (χ1n) is 5.85. The van der Waals surface area contributed by atoms with E-state index in [1.54, 1.807) is 7.11 Å². The second-order valence-corrected chi connectivity index (χ2v) is 4.09. The predicted molar refractivity (Wildman–Crippen MR) is 61.2 cm³/mol. The summed E-state index contributed by atoms with van der Waals surface area (Å²) in [5, 5.41) is 3.50. The van der Waals surface area contributed by atoms with Gasteiger partial charge in [0.1, 0.15) is 0 Å². The van der Waals surface area contributed by atoms with E-state index in [2.05, 4.69) is 17.1 Å². The molecule has 0 aliphatic carbocycles. The monoisotopic (exact) mass is 216 g/mol. The second-order valence-electron chi connectivity index (χ2n) is 4.09. The maximum atomic E-state index is 5.30. The Morgan fingerprint density at radius 1 is 1.40 bits per heavy atom. The molecule has 1 atom stereocenters. The van der Waals surface area contributed by atoms with Crippen molar-refractivity contribution in [2.24, 2.45) is 0 Å². The van der Waals surface area contributed by atoms with E-state index in [1.807, 2.05) is 0 Å². The SMILES string of the molecule is COCCC(C)NCCN1CCOCC1. The number of hydrogen-bond donors (Lipinski definition) is 1. The van der Waals surface area contributed by atoms with Crippen molar-refractivity contribution in [1.29, 1.82) is 0 Å². The molecular formula is C11H24N2O2. The van der Waals surface area contributed by atoms with Crippen LogP contribution in [0.25, 0.3) is 0 Å². The van der Waals surface area contributed by atoms with Gasteiger partial charge < -0.3 is 14.8 Å². The van der Waals surface area contributed by atoms with Gasteiger partial charge in [0.15, 0.2) is 0 Å². The van der Waals surface area contributed by atoms with Crippen LogP contribution in [0.15, 0.2) is 0 Å². The third-order valence-corrected chi connectivity index (χ3v) is 2.78. The van der Waals surface area contributed by atoms with Crippen LogP contribution in [0.3, 0.4) is 0 Å². The van der Waals surface area contributed by atoms with Crippen molar-refractivity contribution >= 4 is 0 Å². The van der Waals surface area contributed by atoms with Gasteiger partial charge in [-0.05, 0) is 13.3 Å². The van der Waals surface area contributed by atoms with E-state index in [0.29, 0.717) is 6.04 Å². The van der Waals surface area contributed by atoms with Crippen LogP contribution < -0.4 is 5.32 Å². The van der Waals surface area contributed by atoms with E-state index in [9.17, 15) is 0 Å². The van der Waals surface area contributed by atoms with Gasteiger partial charge in [-0.25, -0.2) is 0 Å². The number of ether oxygens (including phenoxy) is 2. The van der Waals surface area contributed by atoms with E-state index in [-0.39, 0.29) is 0 Å². The highest BCUT2D eigenvalue weighted by atomic mass is 16.5. The molecule has 0 spiro atoms. The molecule has 1 aliphatic rings. The zero-order valence-corrected chi connectivity index (χ0v) is 10.00. The molecule has 0 bridgehead atoms. The zero-order valence-electron chi connectivity index (χ0n) is 10.00. The molecule has 1 N–H and O–H groups in total. The lowest BCUT2D eigenvalue weighted by atomic mass is 10.2. The van der Waals surface area contributed by atoms with Crippen molar-refractivity contribution in [2.75, 3.05) is 53.1 Å². The van der Waals surface area contributed by atoms with Gasteiger partial charge in [0.25, 0.3) is 0 Å². The minimum absolute atomic E-state index is 0.547. The van der Waals surface area contributed by atoms with Gasteiger partial charge in [-0.3, -0.25) is 4.90 Å². The van der Waals surface area contributed by atoms with Gasteiger partial charge in [0.05, 0.1) is 13.2 Å². The van der Waals surface area contributed by atoms with Crippen LogP contribution in [0, 0.1) is 0 Å². The summed E-state index contributed by atoms with van der Waals surface area (Å²) in [7, 11) is 1.75. The zero-order chi connectivity index (χ0) is 10.9. The molecule has 15 heavy (non-hydrogen) atoms. The van der Waals surface area contributed by atoms with E-state index < -0.39 is 0 Å². The largest absolute Gasteiger partial charge is 0.385 e. The van der Waals surface area contributed by atoms with Crippen molar-refractivity contribution in [3.05, 3.63) is 0 Å². The lowest BCUT2D eigenvalue weighted by Crippen LogP contribution is -2.41. The Kier molecular flexibility index (Phi) is 6.92. The topological polar surface area (TPSA) is 33.7 Å². The van der Waals surface area contributed by atoms with Crippen molar-refractivity contribution in [1.82, 2.24) is 10.2 Å². The Bertz CT molecular complexity index is 150. The molecule has 1 rings (SSSR count). The minimum Gasteiger partial charge on any atom is -0.385 e. The number of nitrogens with one attached hydrogen (secondary N) is 1. The quantitative estimate of drug-likeness (QED) is 0.665. The van der Waals surface area contributed by atoms with Crippen LogP contribution in [0.4, 0.5) is 0 Å². The summed E-state index contributed by atoms with van der Waals surface area (Å²) in [4.78, 5) is 2.44. The predicted octanol–water partition coefficient (Wildman–Crippen LogP) is 0.333. The molecule has 1 saturated heterocycles. The van der Waals surface area contributed by atoms with Crippen LogP contribution >= 0.6 is 0 Å². The summed E-state index contributed by atoms with van der Waals surface area (Å²) in [6.07, 6.45) is 1.08. The molecular weight excluding hydrogens is 192 g/mol. The summed E-state index contributed by atoms with van der Waals surface area (Å²) in [6, 6.07) is 0.547. The number of methoxy groups -OCH3 is 1.